The van der Waals surface area contributed by atoms with Crippen molar-refractivity contribution in [1.29, 1.82) is 0 Å². The van der Waals surface area contributed by atoms with E-state index in [2.05, 4.69) is 0 Å². The summed E-state index contributed by atoms with van der Waals surface area (Å²) in [6, 6.07) is 7.47. The zero-order valence-electron chi connectivity index (χ0n) is 8.96. The average molecular weight is 242 g/mol. The minimum atomic E-state index is -3.52. The molecule has 2 unspecified atom stereocenters. The van der Waals surface area contributed by atoms with Crippen LogP contribution < -0.4 is 0 Å². The summed E-state index contributed by atoms with van der Waals surface area (Å²) >= 11 is 0. The van der Waals surface area contributed by atoms with Crippen LogP contribution in [0.2, 0.25) is 0 Å². The van der Waals surface area contributed by atoms with Crippen molar-refractivity contribution in [2.75, 3.05) is 6.26 Å². The maximum Gasteiger partial charge on any atom is 0.264 e. The van der Waals surface area contributed by atoms with Gasteiger partial charge in [0.25, 0.3) is 10.1 Å². The molecule has 0 radical (unpaired) electrons. The smallest absolute Gasteiger partial charge is 0.264 e. The van der Waals surface area contributed by atoms with Crippen molar-refractivity contribution in [2.45, 2.75) is 25.0 Å². The van der Waals surface area contributed by atoms with Crippen LogP contribution in [0.3, 0.4) is 0 Å². The molecule has 2 atom stereocenters. The van der Waals surface area contributed by atoms with Crippen molar-refractivity contribution in [1.82, 2.24) is 0 Å². The maximum absolute atomic E-state index is 11.0. The summed E-state index contributed by atoms with van der Waals surface area (Å²) in [5.41, 5.74) is 1.82. The van der Waals surface area contributed by atoms with E-state index in [1.807, 2.05) is 18.2 Å². The van der Waals surface area contributed by atoms with Gasteiger partial charge in [-0.1, -0.05) is 24.3 Å². The van der Waals surface area contributed by atoms with E-state index < -0.39 is 22.3 Å². The highest BCUT2D eigenvalue weighted by atomic mass is 32.2. The van der Waals surface area contributed by atoms with Crippen molar-refractivity contribution < 1.29 is 17.7 Å². The second-order valence-corrected chi connectivity index (χ2v) is 5.62. The van der Waals surface area contributed by atoms with Gasteiger partial charge in [0.1, 0.15) is 12.2 Å². The number of hydrogen-bond acceptors (Lipinski definition) is 4. The Morgan fingerprint density at radius 2 is 2.06 bits per heavy atom. The van der Waals surface area contributed by atoms with Gasteiger partial charge in [0.15, 0.2) is 0 Å². The van der Waals surface area contributed by atoms with E-state index in [-0.39, 0.29) is 0 Å². The second kappa shape index (κ2) is 4.16. The van der Waals surface area contributed by atoms with E-state index in [4.69, 9.17) is 4.18 Å². The number of aliphatic hydroxyl groups is 1. The minimum Gasteiger partial charge on any atom is -0.386 e. The first-order chi connectivity index (χ1) is 7.47. The third-order valence-electron chi connectivity index (χ3n) is 2.72. The molecule has 0 heterocycles. The first-order valence-corrected chi connectivity index (χ1v) is 6.93. The van der Waals surface area contributed by atoms with Gasteiger partial charge in [-0.2, -0.15) is 8.42 Å². The van der Waals surface area contributed by atoms with Gasteiger partial charge in [-0.15, -0.1) is 0 Å². The molecule has 0 spiro atoms. The Labute approximate surface area is 95.0 Å². The molecule has 0 amide bonds. The molecule has 1 aliphatic carbocycles. The molecule has 0 saturated heterocycles. The van der Waals surface area contributed by atoms with Gasteiger partial charge in [0.05, 0.1) is 6.26 Å². The van der Waals surface area contributed by atoms with Gasteiger partial charge in [-0.25, -0.2) is 0 Å². The van der Waals surface area contributed by atoms with Crippen LogP contribution in [-0.4, -0.2) is 25.9 Å². The lowest BCUT2D eigenvalue weighted by atomic mass is 9.88. The third-order valence-corrected chi connectivity index (χ3v) is 3.32. The molecule has 4 nitrogen and oxygen atoms in total. The molecule has 1 aromatic rings. The Morgan fingerprint density at radius 1 is 1.38 bits per heavy atom. The Morgan fingerprint density at radius 3 is 2.75 bits per heavy atom. The number of fused-ring (bicyclic) bond motifs is 1. The van der Waals surface area contributed by atoms with Crippen LogP contribution in [0, 0.1) is 0 Å². The van der Waals surface area contributed by atoms with E-state index in [9.17, 15) is 13.5 Å². The zero-order chi connectivity index (χ0) is 11.8. The Hall–Kier alpha value is -0.910. The van der Waals surface area contributed by atoms with Gasteiger partial charge in [0.2, 0.25) is 0 Å². The summed E-state index contributed by atoms with van der Waals surface area (Å²) in [6.45, 7) is 0. The fraction of sp³-hybridized carbons (Fsp3) is 0.455. The largest absolute Gasteiger partial charge is 0.386 e. The minimum absolute atomic E-state index is 0.519. The summed E-state index contributed by atoms with van der Waals surface area (Å²) in [4.78, 5) is 0. The Bertz CT molecular complexity index is 481. The lowest BCUT2D eigenvalue weighted by Gasteiger charge is -2.28. The quantitative estimate of drug-likeness (QED) is 0.786. The number of rotatable bonds is 2. The van der Waals surface area contributed by atoms with E-state index in [1.54, 1.807) is 6.07 Å². The topological polar surface area (TPSA) is 63.6 Å². The van der Waals surface area contributed by atoms with E-state index >= 15 is 0 Å². The molecule has 1 aliphatic rings. The van der Waals surface area contributed by atoms with Crippen molar-refractivity contribution in [3.05, 3.63) is 35.4 Å². The second-order valence-electron chi connectivity index (χ2n) is 4.02. The monoisotopic (exact) mass is 242 g/mol. The zero-order valence-corrected chi connectivity index (χ0v) is 9.78. The van der Waals surface area contributed by atoms with E-state index in [0.717, 1.165) is 23.8 Å². The highest BCUT2D eigenvalue weighted by Gasteiger charge is 2.30. The fourth-order valence-corrected chi connectivity index (χ4v) is 2.68. The molecule has 5 heteroatoms. The predicted octanol–water partition coefficient (Wildman–Crippen LogP) is 1.01. The standard InChI is InChI=1S/C11H14O4S/c1-16(13,14)15-10-7-6-8-4-2-3-5-9(8)11(10)12/h2-5,10-12H,6-7H2,1H3. The van der Waals surface area contributed by atoms with Crippen molar-refractivity contribution >= 4 is 10.1 Å². The molecular weight excluding hydrogens is 228 g/mol. The highest BCUT2D eigenvalue weighted by molar-refractivity contribution is 7.86. The van der Waals surface area contributed by atoms with Crippen LogP contribution in [-0.2, 0) is 20.7 Å². The van der Waals surface area contributed by atoms with Gasteiger partial charge in [0, 0.05) is 0 Å². The van der Waals surface area contributed by atoms with Gasteiger partial charge >= 0.3 is 0 Å². The molecule has 1 N–H and O–H groups in total. The number of benzene rings is 1. The van der Waals surface area contributed by atoms with Gasteiger partial charge in [-0.3, -0.25) is 4.18 Å². The molecule has 0 fully saturated rings. The van der Waals surface area contributed by atoms with E-state index in [0.29, 0.717) is 6.42 Å². The first kappa shape index (κ1) is 11.6. The molecule has 1 aromatic carbocycles. The normalized spacial score (nSPS) is 25.1. The highest BCUT2D eigenvalue weighted by Crippen LogP contribution is 2.32. The molecule has 2 rings (SSSR count). The Kier molecular flexibility index (Phi) is 3.01. The van der Waals surface area contributed by atoms with Crippen molar-refractivity contribution in [2.24, 2.45) is 0 Å². The maximum atomic E-state index is 11.0. The molecule has 16 heavy (non-hydrogen) atoms. The molecule has 0 saturated carbocycles. The van der Waals surface area contributed by atoms with Gasteiger partial charge in [-0.05, 0) is 24.0 Å². The van der Waals surface area contributed by atoms with Crippen molar-refractivity contribution in [3.63, 3.8) is 0 Å². The summed E-state index contributed by atoms with van der Waals surface area (Å²) < 4.78 is 26.9. The van der Waals surface area contributed by atoms with Crippen LogP contribution in [0.25, 0.3) is 0 Å². The fourth-order valence-electron chi connectivity index (χ4n) is 2.03. The SMILES string of the molecule is CS(=O)(=O)OC1CCc2ccccc2C1O. The molecule has 0 bridgehead atoms. The summed E-state index contributed by atoms with van der Waals surface area (Å²) in [6.07, 6.45) is 0.725. The van der Waals surface area contributed by atoms with E-state index in [1.165, 1.54) is 0 Å². The summed E-state index contributed by atoms with van der Waals surface area (Å²) in [5.74, 6) is 0. The number of aliphatic hydroxyl groups excluding tert-OH is 1. The Balaban J connectivity index is 2.24. The predicted molar refractivity (Wildman–Crippen MR) is 59.4 cm³/mol. The van der Waals surface area contributed by atoms with Crippen LogP contribution in [0.4, 0.5) is 0 Å². The van der Waals surface area contributed by atoms with Crippen LogP contribution in [0.15, 0.2) is 24.3 Å². The van der Waals surface area contributed by atoms with Gasteiger partial charge < -0.3 is 5.11 Å². The molecular formula is C11H14O4S. The molecule has 0 aromatic heterocycles. The van der Waals surface area contributed by atoms with Crippen LogP contribution in [0.5, 0.6) is 0 Å². The molecule has 88 valence electrons. The summed E-state index contributed by atoms with van der Waals surface area (Å²) in [5, 5.41) is 10.00. The summed E-state index contributed by atoms with van der Waals surface area (Å²) in [7, 11) is -3.52. The van der Waals surface area contributed by atoms with Crippen LogP contribution in [0.1, 0.15) is 23.7 Å². The first-order valence-electron chi connectivity index (χ1n) is 5.11. The average Bonchev–Trinajstić information content (AvgIpc) is 2.21. The number of hydrogen-bond donors (Lipinski definition) is 1. The lowest BCUT2D eigenvalue weighted by Crippen LogP contribution is -2.29. The third kappa shape index (κ3) is 2.42. The van der Waals surface area contributed by atoms with Crippen molar-refractivity contribution in [3.8, 4) is 0 Å². The lowest BCUT2D eigenvalue weighted by molar-refractivity contribution is 0.0276. The molecule has 0 aliphatic heterocycles. The number of aryl methyl sites for hydroxylation is 1. The van der Waals surface area contributed by atoms with Crippen LogP contribution >= 0.6 is 0 Å².